The van der Waals surface area contributed by atoms with E-state index in [0.29, 0.717) is 17.4 Å². The van der Waals surface area contributed by atoms with Crippen LogP contribution in [-0.4, -0.2) is 29.3 Å². The largest absolute Gasteiger partial charge is 0.317 e. The molecule has 0 saturated heterocycles. The van der Waals surface area contributed by atoms with Crippen molar-refractivity contribution in [3.63, 3.8) is 0 Å². The van der Waals surface area contributed by atoms with Crippen LogP contribution in [0.4, 0.5) is 5.69 Å². The molecule has 0 atom stereocenters. The van der Waals surface area contributed by atoms with E-state index >= 15 is 0 Å². The summed E-state index contributed by atoms with van der Waals surface area (Å²) in [6.45, 7) is 6.85. The number of hydrogen-bond donors (Lipinski definition) is 2. The van der Waals surface area contributed by atoms with Gasteiger partial charge in [-0.2, -0.15) is 0 Å². The average molecular weight is 305 g/mol. The number of hydrogen-bond acceptors (Lipinski definition) is 4. The lowest BCUT2D eigenvalue weighted by Crippen LogP contribution is -2.38. The molecule has 1 aliphatic rings. The van der Waals surface area contributed by atoms with Gasteiger partial charge in [0.05, 0.1) is 6.54 Å². The third kappa shape index (κ3) is 4.07. The summed E-state index contributed by atoms with van der Waals surface area (Å²) in [7, 11) is 0. The van der Waals surface area contributed by atoms with Crippen LogP contribution < -0.4 is 10.6 Å². The molecule has 2 amide bonds. The Labute approximate surface area is 128 Å². The van der Waals surface area contributed by atoms with E-state index in [1.807, 2.05) is 18.2 Å². The van der Waals surface area contributed by atoms with Gasteiger partial charge in [0, 0.05) is 11.4 Å². The Morgan fingerprint density at radius 2 is 1.81 bits per heavy atom. The first-order valence-electron chi connectivity index (χ1n) is 6.77. The van der Waals surface area contributed by atoms with E-state index in [4.69, 9.17) is 0 Å². The molecule has 0 radical (unpaired) electrons. The number of benzene rings is 1. The van der Waals surface area contributed by atoms with Gasteiger partial charge in [0.15, 0.2) is 5.17 Å². The van der Waals surface area contributed by atoms with E-state index in [1.54, 1.807) is 6.07 Å². The highest BCUT2D eigenvalue weighted by Gasteiger charge is 2.22. The highest BCUT2D eigenvalue weighted by atomic mass is 32.2. The Hall–Kier alpha value is -1.82. The number of amidine groups is 1. The molecule has 5 nitrogen and oxygen atoms in total. The van der Waals surface area contributed by atoms with Gasteiger partial charge in [-0.05, 0) is 17.0 Å². The van der Waals surface area contributed by atoms with Gasteiger partial charge in [-0.25, -0.2) is 0 Å². The van der Waals surface area contributed by atoms with Crippen LogP contribution >= 0.6 is 11.8 Å². The van der Waals surface area contributed by atoms with Crippen molar-refractivity contribution < 1.29 is 9.59 Å². The summed E-state index contributed by atoms with van der Waals surface area (Å²) in [6, 6.07) is 7.50. The minimum absolute atomic E-state index is 0.119. The molecular formula is C15H19N3O2S. The van der Waals surface area contributed by atoms with E-state index in [9.17, 15) is 9.59 Å². The molecule has 0 bridgehead atoms. The van der Waals surface area contributed by atoms with Crippen LogP contribution in [0.25, 0.3) is 0 Å². The Morgan fingerprint density at radius 1 is 1.14 bits per heavy atom. The average Bonchev–Trinajstić information content (AvgIpc) is 2.91. The molecule has 6 heteroatoms. The molecule has 0 spiro atoms. The van der Waals surface area contributed by atoms with E-state index in [0.717, 1.165) is 11.3 Å². The Kier molecular flexibility index (Phi) is 4.67. The number of carbonyl (C=O) groups is 2. The summed E-state index contributed by atoms with van der Waals surface area (Å²) in [5.41, 5.74) is 1.52. The molecule has 21 heavy (non-hydrogen) atoms. The lowest BCUT2D eigenvalue weighted by Gasteiger charge is -2.22. The Balaban J connectivity index is 2.07. The van der Waals surface area contributed by atoms with E-state index in [2.05, 4.69) is 36.4 Å². The van der Waals surface area contributed by atoms with Crippen molar-refractivity contribution in [3.8, 4) is 0 Å². The Morgan fingerprint density at radius 3 is 2.43 bits per heavy atom. The van der Waals surface area contributed by atoms with Gasteiger partial charge in [-0.1, -0.05) is 50.7 Å². The van der Waals surface area contributed by atoms with E-state index < -0.39 is 11.8 Å². The van der Waals surface area contributed by atoms with Crippen molar-refractivity contribution in [2.75, 3.05) is 17.6 Å². The molecule has 0 aliphatic carbocycles. The lowest BCUT2D eigenvalue weighted by molar-refractivity contribution is -0.135. The van der Waals surface area contributed by atoms with Gasteiger partial charge in [0.25, 0.3) is 0 Å². The van der Waals surface area contributed by atoms with Crippen LogP contribution in [0, 0.1) is 0 Å². The van der Waals surface area contributed by atoms with Gasteiger partial charge in [-0.3, -0.25) is 19.9 Å². The normalized spacial score (nSPS) is 14.5. The number of thioether (sulfide) groups is 1. The molecule has 2 N–H and O–H groups in total. The topological polar surface area (TPSA) is 70.6 Å². The highest BCUT2D eigenvalue weighted by Crippen LogP contribution is 2.29. The second kappa shape index (κ2) is 6.30. The zero-order valence-electron chi connectivity index (χ0n) is 12.4. The SMILES string of the molecule is CC(C)(C)c1ccccc1NC(=O)C(=O)NC1=NCCS1. The van der Waals surface area contributed by atoms with Crippen LogP contribution in [-0.2, 0) is 15.0 Å². The van der Waals surface area contributed by atoms with E-state index in [-0.39, 0.29) is 5.41 Å². The smallest absolute Gasteiger partial charge is 0.315 e. The van der Waals surface area contributed by atoms with Crippen molar-refractivity contribution in [2.45, 2.75) is 26.2 Å². The number of anilines is 1. The monoisotopic (exact) mass is 305 g/mol. The number of aliphatic imine (C=N–C) groups is 1. The molecular weight excluding hydrogens is 286 g/mol. The molecule has 0 saturated carbocycles. The van der Waals surface area contributed by atoms with Gasteiger partial charge >= 0.3 is 11.8 Å². The molecule has 112 valence electrons. The number of nitrogens with zero attached hydrogens (tertiary/aromatic N) is 1. The number of nitrogens with one attached hydrogen (secondary N) is 2. The first kappa shape index (κ1) is 15.6. The summed E-state index contributed by atoms with van der Waals surface area (Å²) in [5, 5.41) is 5.71. The van der Waals surface area contributed by atoms with Crippen molar-refractivity contribution >= 4 is 34.4 Å². The second-order valence-corrected chi connectivity index (χ2v) is 6.82. The molecule has 0 aromatic heterocycles. The molecule has 0 fully saturated rings. The quantitative estimate of drug-likeness (QED) is 0.781. The van der Waals surface area contributed by atoms with Crippen molar-refractivity contribution in [3.05, 3.63) is 29.8 Å². The maximum atomic E-state index is 12.0. The minimum Gasteiger partial charge on any atom is -0.317 e. The summed E-state index contributed by atoms with van der Waals surface area (Å²) in [5.74, 6) is -0.529. The maximum Gasteiger partial charge on any atom is 0.315 e. The summed E-state index contributed by atoms with van der Waals surface area (Å²) in [6.07, 6.45) is 0. The first-order valence-corrected chi connectivity index (χ1v) is 7.75. The highest BCUT2D eigenvalue weighted by molar-refractivity contribution is 8.14. The second-order valence-electron chi connectivity index (χ2n) is 5.74. The van der Waals surface area contributed by atoms with Gasteiger partial charge in [-0.15, -0.1) is 0 Å². The molecule has 0 unspecified atom stereocenters. The van der Waals surface area contributed by atoms with Crippen molar-refractivity contribution in [1.29, 1.82) is 0 Å². The summed E-state index contributed by atoms with van der Waals surface area (Å²) in [4.78, 5) is 27.9. The van der Waals surface area contributed by atoms with E-state index in [1.165, 1.54) is 11.8 Å². The third-order valence-corrected chi connectivity index (χ3v) is 3.89. The van der Waals surface area contributed by atoms with Crippen LogP contribution in [0.2, 0.25) is 0 Å². The first-order chi connectivity index (χ1) is 9.88. The fraction of sp³-hybridized carbons (Fsp3) is 0.400. The van der Waals surface area contributed by atoms with Crippen LogP contribution in [0.3, 0.4) is 0 Å². The number of rotatable bonds is 1. The van der Waals surface area contributed by atoms with Crippen LogP contribution in [0.5, 0.6) is 0 Å². The van der Waals surface area contributed by atoms with Gasteiger partial charge in [0.2, 0.25) is 0 Å². The van der Waals surface area contributed by atoms with Crippen molar-refractivity contribution in [2.24, 2.45) is 4.99 Å². The predicted molar refractivity (Wildman–Crippen MR) is 86.7 cm³/mol. The molecule has 1 heterocycles. The number of para-hydroxylation sites is 1. The predicted octanol–water partition coefficient (Wildman–Crippen LogP) is 2.14. The maximum absolute atomic E-state index is 12.0. The minimum atomic E-state index is -0.688. The standard InChI is InChI=1S/C15H19N3O2S/c1-15(2,3)10-6-4-5-7-11(10)17-12(19)13(20)18-14-16-8-9-21-14/h4-7H,8-9H2,1-3H3,(H,17,19)(H,16,18,20). The molecule has 1 aliphatic heterocycles. The van der Waals surface area contributed by atoms with Crippen LogP contribution in [0.1, 0.15) is 26.3 Å². The molecule has 2 rings (SSSR count). The van der Waals surface area contributed by atoms with Crippen molar-refractivity contribution in [1.82, 2.24) is 5.32 Å². The molecule has 1 aromatic carbocycles. The Bertz CT molecular complexity index is 591. The van der Waals surface area contributed by atoms with Gasteiger partial charge < -0.3 is 5.32 Å². The third-order valence-electron chi connectivity index (χ3n) is 3.00. The zero-order chi connectivity index (χ0) is 15.5. The van der Waals surface area contributed by atoms with Gasteiger partial charge in [0.1, 0.15) is 0 Å². The van der Waals surface area contributed by atoms with Crippen LogP contribution in [0.15, 0.2) is 29.3 Å². The summed E-state index contributed by atoms with van der Waals surface area (Å²) >= 11 is 1.44. The zero-order valence-corrected chi connectivity index (χ0v) is 13.2. The lowest BCUT2D eigenvalue weighted by atomic mass is 9.86. The fourth-order valence-electron chi connectivity index (χ4n) is 1.99. The fourth-order valence-corrected chi connectivity index (χ4v) is 2.71. The number of carbonyl (C=O) groups excluding carboxylic acids is 2. The molecule has 1 aromatic rings. The number of amides is 2. The summed E-state index contributed by atoms with van der Waals surface area (Å²) < 4.78 is 0.